The Morgan fingerprint density at radius 2 is 2.13 bits per heavy atom. The van der Waals surface area contributed by atoms with Crippen LogP contribution in [0.3, 0.4) is 0 Å². The first-order valence-corrected chi connectivity index (χ1v) is 9.82. The molecule has 1 aliphatic heterocycles. The van der Waals surface area contributed by atoms with Gasteiger partial charge in [0.15, 0.2) is 0 Å². The van der Waals surface area contributed by atoms with Crippen molar-refractivity contribution >= 4 is 16.1 Å². The fourth-order valence-electron chi connectivity index (χ4n) is 2.74. The Kier molecular flexibility index (Phi) is 6.77. The summed E-state index contributed by atoms with van der Waals surface area (Å²) in [7, 11) is -3.12. The minimum absolute atomic E-state index is 0.0857. The molecule has 0 aromatic heterocycles. The summed E-state index contributed by atoms with van der Waals surface area (Å²) in [4.78, 5) is 2.36. The molecule has 128 valence electrons. The van der Waals surface area contributed by atoms with Crippen molar-refractivity contribution in [3.05, 3.63) is 41.5 Å². The van der Waals surface area contributed by atoms with E-state index in [0.717, 1.165) is 19.6 Å². The number of hydrogen-bond acceptors (Lipinski definition) is 4. The Labute approximate surface area is 139 Å². The molecule has 5 nitrogen and oxygen atoms in total. The van der Waals surface area contributed by atoms with Crippen molar-refractivity contribution in [1.82, 2.24) is 9.62 Å². The maximum absolute atomic E-state index is 11.1. The predicted octanol–water partition coefficient (Wildman–Crippen LogP) is 1.73. The van der Waals surface area contributed by atoms with Crippen molar-refractivity contribution in [2.75, 3.05) is 39.0 Å². The van der Waals surface area contributed by atoms with E-state index in [9.17, 15) is 8.42 Å². The van der Waals surface area contributed by atoms with Gasteiger partial charge in [0.1, 0.15) is 0 Å². The summed E-state index contributed by atoms with van der Waals surface area (Å²) in [5.74, 6) is 0. The summed E-state index contributed by atoms with van der Waals surface area (Å²) in [6, 6.07) is 10.3. The van der Waals surface area contributed by atoms with Gasteiger partial charge < -0.3 is 4.74 Å². The number of morpholine rings is 1. The van der Waals surface area contributed by atoms with Crippen molar-refractivity contribution in [3.63, 3.8) is 0 Å². The molecular formula is C17H26N2O3S. The topological polar surface area (TPSA) is 58.6 Å². The molecule has 0 aliphatic carbocycles. The van der Waals surface area contributed by atoms with Crippen LogP contribution in [0.4, 0.5) is 0 Å². The highest BCUT2D eigenvalue weighted by molar-refractivity contribution is 7.88. The molecule has 1 aromatic rings. The van der Waals surface area contributed by atoms with Crippen LogP contribution in [0.15, 0.2) is 35.9 Å². The molecule has 0 amide bonds. The van der Waals surface area contributed by atoms with Gasteiger partial charge in [0, 0.05) is 26.2 Å². The zero-order valence-corrected chi connectivity index (χ0v) is 14.7. The van der Waals surface area contributed by atoms with Gasteiger partial charge in [-0.25, -0.2) is 13.1 Å². The van der Waals surface area contributed by atoms with E-state index < -0.39 is 10.0 Å². The Bertz CT molecular complexity index is 614. The van der Waals surface area contributed by atoms with E-state index in [-0.39, 0.29) is 6.10 Å². The van der Waals surface area contributed by atoms with E-state index >= 15 is 0 Å². The van der Waals surface area contributed by atoms with Gasteiger partial charge in [0.2, 0.25) is 10.0 Å². The lowest BCUT2D eigenvalue weighted by atomic mass is 10.1. The van der Waals surface area contributed by atoms with Crippen LogP contribution in [-0.2, 0) is 14.8 Å². The van der Waals surface area contributed by atoms with Crippen LogP contribution in [0.25, 0.3) is 6.08 Å². The standard InChI is InChI=1S/C17H26N2O3S/c1-15(12-16-6-4-3-5-7-16)13-19-10-11-22-17(14-19)8-9-18-23(2,20)21/h3-7,12,17-18H,8-11,13-14H2,1-2H3/b15-12+. The second-order valence-corrected chi connectivity index (χ2v) is 7.92. The second-order valence-electron chi connectivity index (χ2n) is 6.08. The summed E-state index contributed by atoms with van der Waals surface area (Å²) in [5, 5.41) is 0. The quantitative estimate of drug-likeness (QED) is 0.823. The first-order chi connectivity index (χ1) is 10.9. The normalized spacial score (nSPS) is 20.6. The van der Waals surface area contributed by atoms with Crippen LogP contribution >= 0.6 is 0 Å². The van der Waals surface area contributed by atoms with Crippen LogP contribution in [0.5, 0.6) is 0 Å². The molecule has 0 spiro atoms. The fraction of sp³-hybridized carbons (Fsp3) is 0.529. The molecule has 0 bridgehead atoms. The number of ether oxygens (including phenoxy) is 1. The zero-order valence-electron chi connectivity index (χ0n) is 13.9. The van der Waals surface area contributed by atoms with Crippen LogP contribution < -0.4 is 4.72 Å². The monoisotopic (exact) mass is 338 g/mol. The number of benzene rings is 1. The molecule has 2 rings (SSSR count). The molecule has 1 aromatic carbocycles. The second kappa shape index (κ2) is 8.59. The molecule has 1 fully saturated rings. The Morgan fingerprint density at radius 1 is 1.39 bits per heavy atom. The minimum Gasteiger partial charge on any atom is -0.376 e. The lowest BCUT2D eigenvalue weighted by Crippen LogP contribution is -2.44. The van der Waals surface area contributed by atoms with Crippen molar-refractivity contribution in [2.45, 2.75) is 19.4 Å². The average Bonchev–Trinajstić information content (AvgIpc) is 2.47. The van der Waals surface area contributed by atoms with Gasteiger partial charge in [-0.05, 0) is 18.9 Å². The number of rotatable bonds is 7. The third kappa shape index (κ3) is 7.26. The summed E-state index contributed by atoms with van der Waals surface area (Å²) in [5.41, 5.74) is 2.53. The minimum atomic E-state index is -3.12. The molecule has 6 heteroatoms. The van der Waals surface area contributed by atoms with E-state index in [1.54, 1.807) is 0 Å². The smallest absolute Gasteiger partial charge is 0.208 e. The molecule has 0 radical (unpaired) electrons. The van der Waals surface area contributed by atoms with Crippen LogP contribution in [-0.4, -0.2) is 58.5 Å². The van der Waals surface area contributed by atoms with E-state index in [1.807, 2.05) is 18.2 Å². The molecule has 1 aliphatic rings. The Hall–Kier alpha value is -1.21. The third-order valence-electron chi connectivity index (χ3n) is 3.74. The highest BCUT2D eigenvalue weighted by atomic mass is 32.2. The number of hydrogen-bond donors (Lipinski definition) is 1. The van der Waals surface area contributed by atoms with Gasteiger partial charge in [-0.3, -0.25) is 4.90 Å². The summed E-state index contributed by atoms with van der Waals surface area (Å²) in [6.45, 7) is 5.93. The molecule has 1 N–H and O–H groups in total. The van der Waals surface area contributed by atoms with Crippen LogP contribution in [0, 0.1) is 0 Å². The largest absolute Gasteiger partial charge is 0.376 e. The van der Waals surface area contributed by atoms with Gasteiger partial charge in [-0.15, -0.1) is 0 Å². The van der Waals surface area contributed by atoms with E-state index in [4.69, 9.17) is 4.74 Å². The van der Waals surface area contributed by atoms with Gasteiger partial charge in [-0.2, -0.15) is 0 Å². The van der Waals surface area contributed by atoms with Crippen molar-refractivity contribution in [3.8, 4) is 0 Å². The van der Waals surface area contributed by atoms with Crippen molar-refractivity contribution < 1.29 is 13.2 Å². The van der Waals surface area contributed by atoms with E-state index in [2.05, 4.69) is 34.8 Å². The van der Waals surface area contributed by atoms with Gasteiger partial charge in [0.25, 0.3) is 0 Å². The maximum atomic E-state index is 11.1. The van der Waals surface area contributed by atoms with Crippen LogP contribution in [0.2, 0.25) is 0 Å². The number of sulfonamides is 1. The predicted molar refractivity (Wildman–Crippen MR) is 93.7 cm³/mol. The first kappa shape index (κ1) is 18.1. The van der Waals surface area contributed by atoms with Crippen molar-refractivity contribution in [2.24, 2.45) is 0 Å². The molecule has 1 unspecified atom stereocenters. The van der Waals surface area contributed by atoms with Gasteiger partial charge in [0.05, 0.1) is 19.0 Å². The molecule has 0 saturated carbocycles. The number of nitrogens with one attached hydrogen (secondary N) is 1. The summed E-state index contributed by atoms with van der Waals surface area (Å²) < 4.78 is 30.4. The first-order valence-electron chi connectivity index (χ1n) is 7.93. The molecule has 1 atom stereocenters. The summed E-state index contributed by atoms with van der Waals surface area (Å²) in [6.07, 6.45) is 4.17. The number of nitrogens with zero attached hydrogens (tertiary/aromatic N) is 1. The summed E-state index contributed by atoms with van der Waals surface area (Å²) >= 11 is 0. The van der Waals surface area contributed by atoms with E-state index in [1.165, 1.54) is 17.4 Å². The fourth-order valence-corrected chi connectivity index (χ4v) is 3.22. The lowest BCUT2D eigenvalue weighted by molar-refractivity contribution is -0.0279. The third-order valence-corrected chi connectivity index (χ3v) is 4.47. The maximum Gasteiger partial charge on any atom is 0.208 e. The zero-order chi connectivity index (χ0) is 16.7. The van der Waals surface area contributed by atoms with Gasteiger partial charge >= 0.3 is 0 Å². The van der Waals surface area contributed by atoms with Crippen molar-refractivity contribution in [1.29, 1.82) is 0 Å². The molecule has 1 saturated heterocycles. The Balaban J connectivity index is 1.80. The molecule has 1 heterocycles. The van der Waals surface area contributed by atoms with Gasteiger partial charge in [-0.1, -0.05) is 42.0 Å². The lowest BCUT2D eigenvalue weighted by Gasteiger charge is -2.33. The van der Waals surface area contributed by atoms with E-state index in [0.29, 0.717) is 19.6 Å². The highest BCUT2D eigenvalue weighted by Gasteiger charge is 2.20. The molecular weight excluding hydrogens is 312 g/mol. The average molecular weight is 338 g/mol. The molecule has 23 heavy (non-hydrogen) atoms. The van der Waals surface area contributed by atoms with Crippen LogP contribution in [0.1, 0.15) is 18.9 Å². The SMILES string of the molecule is C/C(=C\c1ccccc1)CN1CCOC(CCNS(C)(=O)=O)C1. The Morgan fingerprint density at radius 3 is 2.83 bits per heavy atom. The highest BCUT2D eigenvalue weighted by Crippen LogP contribution is 2.12.